The Bertz CT molecular complexity index is 1150. The third-order valence-electron chi connectivity index (χ3n) is 3.78. The lowest BCUT2D eigenvalue weighted by atomic mass is 10.2. The van der Waals surface area contributed by atoms with E-state index >= 15 is 0 Å². The van der Waals surface area contributed by atoms with E-state index in [1.165, 1.54) is 4.68 Å². The molecule has 1 amide bonds. The summed E-state index contributed by atoms with van der Waals surface area (Å²) < 4.78 is 3.23. The Kier molecular flexibility index (Phi) is 3.56. The summed E-state index contributed by atoms with van der Waals surface area (Å²) in [5.41, 5.74) is 7.99. The summed E-state index contributed by atoms with van der Waals surface area (Å²) in [4.78, 5) is 20.7. The lowest BCUT2D eigenvalue weighted by Gasteiger charge is -2.07. The molecule has 9 nitrogen and oxygen atoms in total. The number of anilines is 2. The van der Waals surface area contributed by atoms with Gasteiger partial charge in [0.2, 0.25) is 0 Å². The molecule has 0 aliphatic rings. The molecule has 3 aromatic heterocycles. The second kappa shape index (κ2) is 6.03. The normalized spacial score (nSPS) is 10.6. The third-order valence-corrected chi connectivity index (χ3v) is 3.78. The smallest absolute Gasteiger partial charge is 0.278 e. The highest BCUT2D eigenvalue weighted by Gasteiger charge is 2.13. The highest BCUT2D eigenvalue weighted by molar-refractivity contribution is 6.06. The molecule has 126 valence electrons. The van der Waals surface area contributed by atoms with Gasteiger partial charge in [-0.15, -0.1) is 5.10 Å². The summed E-state index contributed by atoms with van der Waals surface area (Å²) in [7, 11) is 0. The van der Waals surface area contributed by atoms with Gasteiger partial charge < -0.3 is 15.5 Å². The Morgan fingerprint density at radius 3 is 2.58 bits per heavy atom. The van der Waals surface area contributed by atoms with Crippen molar-refractivity contribution in [3.8, 4) is 11.8 Å². The fraction of sp³-hybridized carbons (Fsp3) is 0. The third kappa shape index (κ3) is 2.61. The van der Waals surface area contributed by atoms with Crippen LogP contribution < -0.4 is 11.1 Å². The van der Waals surface area contributed by atoms with Crippen molar-refractivity contribution < 1.29 is 4.79 Å². The van der Waals surface area contributed by atoms with Gasteiger partial charge >= 0.3 is 0 Å². The van der Waals surface area contributed by atoms with Crippen molar-refractivity contribution in [3.63, 3.8) is 0 Å². The van der Waals surface area contributed by atoms with Crippen LogP contribution in [0, 0.1) is 11.3 Å². The van der Waals surface area contributed by atoms with Gasteiger partial charge in [-0.3, -0.25) is 4.79 Å². The molecule has 0 saturated carbocycles. The Morgan fingerprint density at radius 1 is 1.15 bits per heavy atom. The predicted octanol–water partition coefficient (Wildman–Crippen LogP) is 1.62. The van der Waals surface area contributed by atoms with Crippen molar-refractivity contribution in [3.05, 3.63) is 66.5 Å². The zero-order valence-corrected chi connectivity index (χ0v) is 13.4. The van der Waals surface area contributed by atoms with Crippen LogP contribution in [0.15, 0.2) is 55.2 Å². The number of fused-ring (bicyclic) bond motifs is 1. The van der Waals surface area contributed by atoms with Crippen molar-refractivity contribution >= 4 is 23.1 Å². The maximum atomic E-state index is 12.5. The van der Waals surface area contributed by atoms with E-state index in [4.69, 9.17) is 11.0 Å². The van der Waals surface area contributed by atoms with Crippen LogP contribution >= 0.6 is 0 Å². The number of aromatic nitrogens is 5. The second-order valence-corrected chi connectivity index (χ2v) is 5.42. The lowest BCUT2D eigenvalue weighted by molar-refractivity contribution is 0.102. The molecule has 26 heavy (non-hydrogen) atoms. The molecule has 0 bridgehead atoms. The zero-order chi connectivity index (χ0) is 18.1. The van der Waals surface area contributed by atoms with Crippen LogP contribution in [0.3, 0.4) is 0 Å². The molecule has 0 fully saturated rings. The summed E-state index contributed by atoms with van der Waals surface area (Å²) in [6.45, 7) is 0. The van der Waals surface area contributed by atoms with Crippen molar-refractivity contribution in [2.24, 2.45) is 0 Å². The molecule has 0 saturated heterocycles. The van der Waals surface area contributed by atoms with Gasteiger partial charge in [-0.2, -0.15) is 5.26 Å². The number of nitrogen functional groups attached to an aromatic ring is 1. The maximum Gasteiger partial charge on any atom is 0.278 e. The largest absolute Gasteiger partial charge is 0.381 e. The topological polar surface area (TPSA) is 127 Å². The van der Waals surface area contributed by atoms with Gasteiger partial charge in [-0.1, -0.05) is 0 Å². The van der Waals surface area contributed by atoms with Gasteiger partial charge in [0.25, 0.3) is 5.91 Å². The van der Waals surface area contributed by atoms with E-state index < -0.39 is 0 Å². The Balaban J connectivity index is 1.56. The van der Waals surface area contributed by atoms with Gasteiger partial charge in [0.1, 0.15) is 11.6 Å². The number of amides is 1. The summed E-state index contributed by atoms with van der Waals surface area (Å²) in [5.74, 6) is -0.187. The molecule has 0 unspecified atom stereocenters. The minimum atomic E-state index is -0.357. The first-order chi connectivity index (χ1) is 12.7. The molecule has 0 aliphatic carbocycles. The molecule has 3 heterocycles. The van der Waals surface area contributed by atoms with Crippen LogP contribution in [-0.4, -0.2) is 30.1 Å². The van der Waals surface area contributed by atoms with Crippen molar-refractivity contribution in [2.45, 2.75) is 0 Å². The standard InChI is InChI=1S/C17H12N8O/c18-9-11-10-25(23-15(11)19)13-3-1-12(2-4-13)22-17(26)14-16-21-6-8-24(16)7-5-20-14/h1-8,10H,(H2,19,23)(H,22,26). The van der Waals surface area contributed by atoms with E-state index in [1.54, 1.807) is 59.7 Å². The first-order valence-electron chi connectivity index (χ1n) is 7.60. The molecular weight excluding hydrogens is 332 g/mol. The minimum Gasteiger partial charge on any atom is -0.381 e. The van der Waals surface area contributed by atoms with E-state index in [2.05, 4.69) is 20.4 Å². The number of rotatable bonds is 3. The molecule has 4 aromatic rings. The summed E-state index contributed by atoms with van der Waals surface area (Å²) in [6.07, 6.45) is 8.16. The number of nitriles is 1. The van der Waals surface area contributed by atoms with Crippen LogP contribution in [-0.2, 0) is 0 Å². The summed E-state index contributed by atoms with van der Waals surface area (Å²) in [6, 6.07) is 8.94. The average molecular weight is 344 g/mol. The predicted molar refractivity (Wildman–Crippen MR) is 93.6 cm³/mol. The fourth-order valence-electron chi connectivity index (χ4n) is 2.51. The number of carbonyl (C=O) groups is 1. The molecule has 4 rings (SSSR count). The number of carbonyl (C=O) groups excluding carboxylic acids is 1. The number of imidazole rings is 1. The number of hydrogen-bond acceptors (Lipinski definition) is 6. The number of benzene rings is 1. The van der Waals surface area contributed by atoms with Crippen molar-refractivity contribution in [2.75, 3.05) is 11.1 Å². The maximum absolute atomic E-state index is 12.5. The molecular formula is C17H12N8O. The first-order valence-corrected chi connectivity index (χ1v) is 7.60. The van der Waals surface area contributed by atoms with Gasteiger partial charge in [-0.05, 0) is 24.3 Å². The number of nitrogens with one attached hydrogen (secondary N) is 1. The molecule has 3 N–H and O–H groups in total. The van der Waals surface area contributed by atoms with E-state index in [0.717, 1.165) is 0 Å². The molecule has 0 atom stereocenters. The molecule has 9 heteroatoms. The molecule has 0 spiro atoms. The van der Waals surface area contributed by atoms with Crippen molar-refractivity contribution in [1.82, 2.24) is 24.1 Å². The first kappa shape index (κ1) is 15.3. The summed E-state index contributed by atoms with van der Waals surface area (Å²) >= 11 is 0. The Morgan fingerprint density at radius 2 is 1.88 bits per heavy atom. The van der Waals surface area contributed by atoms with Crippen molar-refractivity contribution in [1.29, 1.82) is 5.26 Å². The van der Waals surface area contributed by atoms with E-state index in [9.17, 15) is 4.79 Å². The molecule has 0 aliphatic heterocycles. The van der Waals surface area contributed by atoms with Gasteiger partial charge in [0, 0.05) is 30.5 Å². The van der Waals surface area contributed by atoms with E-state index in [-0.39, 0.29) is 17.4 Å². The quantitative estimate of drug-likeness (QED) is 0.581. The SMILES string of the molecule is N#Cc1cn(-c2ccc(NC(=O)c3nccn4ccnc34)cc2)nc1N. The lowest BCUT2D eigenvalue weighted by Crippen LogP contribution is -2.15. The highest BCUT2D eigenvalue weighted by atomic mass is 16.1. The van der Waals surface area contributed by atoms with Crippen LogP contribution in [0.5, 0.6) is 0 Å². The monoisotopic (exact) mass is 344 g/mol. The fourth-order valence-corrected chi connectivity index (χ4v) is 2.51. The average Bonchev–Trinajstić information content (AvgIpc) is 3.28. The molecule has 1 aromatic carbocycles. The van der Waals surface area contributed by atoms with Gasteiger partial charge in [-0.25, -0.2) is 14.6 Å². The van der Waals surface area contributed by atoms with Gasteiger partial charge in [0.05, 0.1) is 11.9 Å². The van der Waals surface area contributed by atoms with Crippen LogP contribution in [0.25, 0.3) is 11.3 Å². The second-order valence-electron chi connectivity index (χ2n) is 5.42. The zero-order valence-electron chi connectivity index (χ0n) is 13.4. The Labute approximate surface area is 147 Å². The van der Waals surface area contributed by atoms with E-state index in [1.807, 2.05) is 6.07 Å². The highest BCUT2D eigenvalue weighted by Crippen LogP contribution is 2.17. The number of hydrogen-bond donors (Lipinski definition) is 2. The molecule has 0 radical (unpaired) electrons. The minimum absolute atomic E-state index is 0.170. The van der Waals surface area contributed by atoms with Crippen LogP contribution in [0.1, 0.15) is 16.1 Å². The van der Waals surface area contributed by atoms with Crippen LogP contribution in [0.2, 0.25) is 0 Å². The van der Waals surface area contributed by atoms with E-state index in [0.29, 0.717) is 22.6 Å². The Hall–Kier alpha value is -4.19. The van der Waals surface area contributed by atoms with Gasteiger partial charge in [0.15, 0.2) is 17.2 Å². The number of nitrogens with two attached hydrogens (primary N) is 1. The van der Waals surface area contributed by atoms with Crippen LogP contribution in [0.4, 0.5) is 11.5 Å². The number of nitrogens with zero attached hydrogens (tertiary/aromatic N) is 6. The summed E-state index contributed by atoms with van der Waals surface area (Å²) in [5, 5.41) is 15.8.